The second kappa shape index (κ2) is 5.19. The van der Waals surface area contributed by atoms with Gasteiger partial charge in [0.05, 0.1) is 19.0 Å². The third-order valence-electron chi connectivity index (χ3n) is 2.86. The molecule has 0 aliphatic heterocycles. The molecular weight excluding hydrogens is 238 g/mol. The highest BCUT2D eigenvalue weighted by atomic mass is 15.6. The third-order valence-corrected chi connectivity index (χ3v) is 2.86. The van der Waals surface area contributed by atoms with Crippen LogP contribution in [0.25, 0.3) is 11.4 Å². The molecule has 0 atom stereocenters. The van der Waals surface area contributed by atoms with E-state index in [1.165, 1.54) is 10.4 Å². The fourth-order valence-electron chi connectivity index (χ4n) is 1.73. The summed E-state index contributed by atoms with van der Waals surface area (Å²) in [4.78, 5) is 1.46. The van der Waals surface area contributed by atoms with Gasteiger partial charge in [0.15, 0.2) is 0 Å². The number of aromatic nitrogens is 4. The molecule has 0 aliphatic rings. The number of hydrogen-bond acceptors (Lipinski definition) is 4. The number of nitrogens with zero attached hydrogens (tertiary/aromatic N) is 5. The molecular formula is C14H17N5. The van der Waals surface area contributed by atoms with Crippen molar-refractivity contribution < 1.29 is 0 Å². The van der Waals surface area contributed by atoms with Crippen molar-refractivity contribution in [3.8, 4) is 17.5 Å². The van der Waals surface area contributed by atoms with Crippen LogP contribution in [0.3, 0.4) is 0 Å². The molecule has 1 heterocycles. The fourth-order valence-corrected chi connectivity index (χ4v) is 1.73. The molecule has 98 valence electrons. The van der Waals surface area contributed by atoms with E-state index in [1.54, 1.807) is 0 Å². The monoisotopic (exact) mass is 255 g/mol. The lowest BCUT2D eigenvalue weighted by Crippen LogP contribution is -2.10. The lowest BCUT2D eigenvalue weighted by atomic mass is 9.86. The van der Waals surface area contributed by atoms with Crippen molar-refractivity contribution in [3.05, 3.63) is 29.8 Å². The molecule has 5 nitrogen and oxygen atoms in total. The zero-order chi connectivity index (χ0) is 13.9. The molecule has 1 aromatic heterocycles. The lowest BCUT2D eigenvalue weighted by Gasteiger charge is -2.19. The molecule has 0 N–H and O–H groups in total. The van der Waals surface area contributed by atoms with Crippen molar-refractivity contribution in [2.24, 2.45) is 0 Å². The first-order valence-electron chi connectivity index (χ1n) is 6.26. The van der Waals surface area contributed by atoms with Crippen LogP contribution in [0.2, 0.25) is 0 Å². The van der Waals surface area contributed by atoms with Gasteiger partial charge in [0.25, 0.3) is 0 Å². The highest BCUT2D eigenvalue weighted by Gasteiger charge is 2.15. The zero-order valence-electron chi connectivity index (χ0n) is 11.5. The standard InChI is InChI=1S/C14H17N5/c1-14(2,3)12-7-4-6-11(10-12)13-16-18-19(17-13)9-5-8-15/h4,6-7,10H,5,9H2,1-3H3. The second-order valence-corrected chi connectivity index (χ2v) is 5.45. The Balaban J connectivity index is 2.27. The first kappa shape index (κ1) is 13.2. The van der Waals surface area contributed by atoms with E-state index in [0.29, 0.717) is 18.8 Å². The number of rotatable bonds is 3. The second-order valence-electron chi connectivity index (χ2n) is 5.45. The van der Waals surface area contributed by atoms with Gasteiger partial charge >= 0.3 is 0 Å². The molecule has 0 unspecified atom stereocenters. The maximum Gasteiger partial charge on any atom is 0.204 e. The largest absolute Gasteiger partial charge is 0.204 e. The average molecular weight is 255 g/mol. The summed E-state index contributed by atoms with van der Waals surface area (Å²) in [5, 5.41) is 20.8. The van der Waals surface area contributed by atoms with Crippen LogP contribution in [0.4, 0.5) is 0 Å². The van der Waals surface area contributed by atoms with Crippen molar-refractivity contribution in [2.45, 2.75) is 39.2 Å². The Morgan fingerprint density at radius 3 is 2.79 bits per heavy atom. The maximum absolute atomic E-state index is 8.54. The third kappa shape index (κ3) is 3.16. The maximum atomic E-state index is 8.54. The van der Waals surface area contributed by atoms with Gasteiger partial charge in [0.2, 0.25) is 5.82 Å². The van der Waals surface area contributed by atoms with Gasteiger partial charge in [-0.15, -0.1) is 10.2 Å². The SMILES string of the molecule is CC(C)(C)c1cccc(-c2nnn(CCC#N)n2)c1. The van der Waals surface area contributed by atoms with E-state index in [0.717, 1.165) is 5.56 Å². The fraction of sp³-hybridized carbons (Fsp3) is 0.429. The minimum atomic E-state index is 0.0901. The molecule has 0 spiro atoms. The molecule has 0 saturated carbocycles. The first-order chi connectivity index (χ1) is 9.00. The van der Waals surface area contributed by atoms with Gasteiger partial charge < -0.3 is 0 Å². The first-order valence-corrected chi connectivity index (χ1v) is 6.26. The van der Waals surface area contributed by atoms with E-state index >= 15 is 0 Å². The van der Waals surface area contributed by atoms with Gasteiger partial charge in [-0.3, -0.25) is 0 Å². The van der Waals surface area contributed by atoms with Gasteiger partial charge in [-0.2, -0.15) is 10.1 Å². The quantitative estimate of drug-likeness (QED) is 0.845. The summed E-state index contributed by atoms with van der Waals surface area (Å²) in [6, 6.07) is 10.2. The van der Waals surface area contributed by atoms with E-state index in [1.807, 2.05) is 12.1 Å². The molecule has 0 radical (unpaired) electrons. The van der Waals surface area contributed by atoms with Crippen molar-refractivity contribution in [2.75, 3.05) is 0 Å². The molecule has 2 aromatic rings. The number of benzene rings is 1. The van der Waals surface area contributed by atoms with E-state index in [2.05, 4.69) is 54.4 Å². The molecule has 5 heteroatoms. The highest BCUT2D eigenvalue weighted by Crippen LogP contribution is 2.25. The number of nitriles is 1. The van der Waals surface area contributed by atoms with Gasteiger partial charge in [0, 0.05) is 5.56 Å². The van der Waals surface area contributed by atoms with E-state index in [-0.39, 0.29) is 5.41 Å². The smallest absolute Gasteiger partial charge is 0.198 e. The number of hydrogen-bond donors (Lipinski definition) is 0. The van der Waals surface area contributed by atoms with Gasteiger partial charge in [-0.05, 0) is 22.3 Å². The highest BCUT2D eigenvalue weighted by molar-refractivity contribution is 5.55. The van der Waals surface area contributed by atoms with Crippen LogP contribution in [0.15, 0.2) is 24.3 Å². The predicted octanol–water partition coefficient (Wildman–Crippen LogP) is 2.55. The van der Waals surface area contributed by atoms with Crippen LogP contribution in [0, 0.1) is 11.3 Å². The molecule has 0 bridgehead atoms. The summed E-state index contributed by atoms with van der Waals surface area (Å²) in [5.41, 5.74) is 2.28. The zero-order valence-corrected chi connectivity index (χ0v) is 11.5. The number of tetrazole rings is 1. The summed E-state index contributed by atoms with van der Waals surface area (Å²) in [5.74, 6) is 0.601. The van der Waals surface area contributed by atoms with E-state index < -0.39 is 0 Å². The molecule has 0 fully saturated rings. The van der Waals surface area contributed by atoms with Crippen molar-refractivity contribution in [1.29, 1.82) is 5.26 Å². The minimum absolute atomic E-state index is 0.0901. The normalized spacial score (nSPS) is 11.3. The van der Waals surface area contributed by atoms with Crippen LogP contribution >= 0.6 is 0 Å². The van der Waals surface area contributed by atoms with Crippen LogP contribution in [0.1, 0.15) is 32.8 Å². The molecule has 19 heavy (non-hydrogen) atoms. The molecule has 1 aromatic carbocycles. The lowest BCUT2D eigenvalue weighted by molar-refractivity contribution is 0.531. The van der Waals surface area contributed by atoms with Crippen LogP contribution in [-0.4, -0.2) is 20.2 Å². The summed E-state index contributed by atoms with van der Waals surface area (Å²) in [6.07, 6.45) is 0.387. The Hall–Kier alpha value is -2.22. The van der Waals surface area contributed by atoms with Crippen LogP contribution < -0.4 is 0 Å². The summed E-state index contributed by atoms with van der Waals surface area (Å²) in [7, 11) is 0. The van der Waals surface area contributed by atoms with Crippen molar-refractivity contribution in [3.63, 3.8) is 0 Å². The van der Waals surface area contributed by atoms with Gasteiger partial charge in [-0.1, -0.05) is 39.0 Å². The van der Waals surface area contributed by atoms with E-state index in [4.69, 9.17) is 5.26 Å². The Morgan fingerprint density at radius 2 is 2.11 bits per heavy atom. The topological polar surface area (TPSA) is 67.4 Å². The molecule has 0 aliphatic carbocycles. The molecule has 0 saturated heterocycles. The van der Waals surface area contributed by atoms with Gasteiger partial charge in [-0.25, -0.2) is 0 Å². The average Bonchev–Trinajstić information content (AvgIpc) is 2.84. The Kier molecular flexibility index (Phi) is 3.61. The summed E-state index contributed by atoms with van der Waals surface area (Å²) >= 11 is 0. The Bertz CT molecular complexity index is 601. The van der Waals surface area contributed by atoms with Crippen LogP contribution in [-0.2, 0) is 12.0 Å². The minimum Gasteiger partial charge on any atom is -0.198 e. The summed E-state index contributed by atoms with van der Waals surface area (Å²) < 4.78 is 0. The Labute approximate surface area is 112 Å². The molecule has 2 rings (SSSR count). The van der Waals surface area contributed by atoms with Crippen molar-refractivity contribution in [1.82, 2.24) is 20.2 Å². The van der Waals surface area contributed by atoms with Crippen molar-refractivity contribution >= 4 is 0 Å². The van der Waals surface area contributed by atoms with Crippen LogP contribution in [0.5, 0.6) is 0 Å². The Morgan fingerprint density at radius 1 is 1.32 bits per heavy atom. The predicted molar refractivity (Wildman–Crippen MR) is 72.2 cm³/mol. The van der Waals surface area contributed by atoms with E-state index in [9.17, 15) is 0 Å². The molecule has 0 amide bonds. The number of aryl methyl sites for hydroxylation is 1. The summed E-state index contributed by atoms with van der Waals surface area (Å²) in [6.45, 7) is 6.98. The van der Waals surface area contributed by atoms with Gasteiger partial charge in [0.1, 0.15) is 0 Å².